The Morgan fingerprint density at radius 2 is 2.20 bits per heavy atom. The van der Waals surface area contributed by atoms with Crippen molar-refractivity contribution in [3.8, 4) is 0 Å². The lowest BCUT2D eigenvalue weighted by atomic mass is 10.3. The van der Waals surface area contributed by atoms with Crippen molar-refractivity contribution in [2.75, 3.05) is 5.73 Å². The fourth-order valence-electron chi connectivity index (χ4n) is 1.52. The van der Waals surface area contributed by atoms with Crippen LogP contribution in [-0.2, 0) is 23.0 Å². The van der Waals surface area contributed by atoms with Gasteiger partial charge < -0.3 is 5.73 Å². The Morgan fingerprint density at radius 1 is 1.45 bits per heavy atom. The normalized spacial score (nSPS) is 11.7. The molecule has 20 heavy (non-hydrogen) atoms. The standard InChI is InChI=1S/C12H14FN3O2S2/c1-2-8-6-15-12(19-8)7-16-20(17,18)9-3-4-10(13)11(14)5-9/h3-6,16H,2,7,14H2,1H3. The lowest BCUT2D eigenvalue weighted by Gasteiger charge is -2.06. The molecule has 5 nitrogen and oxygen atoms in total. The first-order chi connectivity index (χ1) is 9.42. The van der Waals surface area contributed by atoms with E-state index in [1.807, 2.05) is 6.92 Å². The van der Waals surface area contributed by atoms with Crippen LogP contribution in [0, 0.1) is 5.82 Å². The zero-order valence-electron chi connectivity index (χ0n) is 10.8. The summed E-state index contributed by atoms with van der Waals surface area (Å²) in [5.41, 5.74) is 5.17. The molecule has 8 heteroatoms. The molecule has 0 amide bonds. The summed E-state index contributed by atoms with van der Waals surface area (Å²) in [4.78, 5) is 5.14. The second-order valence-corrected chi connectivity index (χ2v) is 7.05. The van der Waals surface area contributed by atoms with Gasteiger partial charge in [-0.3, -0.25) is 0 Å². The number of anilines is 1. The van der Waals surface area contributed by atoms with Crippen LogP contribution in [0.4, 0.5) is 10.1 Å². The number of nitrogens with two attached hydrogens (primary N) is 1. The molecule has 1 aromatic carbocycles. The predicted molar refractivity (Wildman–Crippen MR) is 76.3 cm³/mol. The molecule has 0 spiro atoms. The van der Waals surface area contributed by atoms with Crippen molar-refractivity contribution in [2.24, 2.45) is 0 Å². The van der Waals surface area contributed by atoms with Crippen LogP contribution in [0.3, 0.4) is 0 Å². The van der Waals surface area contributed by atoms with Gasteiger partial charge in [-0.1, -0.05) is 6.92 Å². The van der Waals surface area contributed by atoms with Crippen molar-refractivity contribution in [3.63, 3.8) is 0 Å². The Bertz CT molecular complexity index is 713. The van der Waals surface area contributed by atoms with Gasteiger partial charge >= 0.3 is 0 Å². The summed E-state index contributed by atoms with van der Waals surface area (Å²) in [5, 5.41) is 0.681. The molecule has 0 aliphatic rings. The summed E-state index contributed by atoms with van der Waals surface area (Å²) in [6, 6.07) is 3.30. The molecule has 0 atom stereocenters. The number of sulfonamides is 1. The maximum atomic E-state index is 13.0. The van der Waals surface area contributed by atoms with E-state index in [0.29, 0.717) is 5.01 Å². The van der Waals surface area contributed by atoms with Crippen molar-refractivity contribution in [1.29, 1.82) is 0 Å². The summed E-state index contributed by atoms with van der Waals surface area (Å²) in [6.07, 6.45) is 2.59. The van der Waals surface area contributed by atoms with Crippen molar-refractivity contribution >= 4 is 27.0 Å². The van der Waals surface area contributed by atoms with Crippen LogP contribution in [0.5, 0.6) is 0 Å². The third-order valence-corrected chi connectivity index (χ3v) is 5.18. The average molecular weight is 315 g/mol. The van der Waals surface area contributed by atoms with Crippen molar-refractivity contribution < 1.29 is 12.8 Å². The molecule has 1 aromatic heterocycles. The van der Waals surface area contributed by atoms with Gasteiger partial charge in [-0.15, -0.1) is 11.3 Å². The highest BCUT2D eigenvalue weighted by molar-refractivity contribution is 7.89. The first-order valence-electron chi connectivity index (χ1n) is 5.90. The van der Waals surface area contributed by atoms with Gasteiger partial charge in [0.05, 0.1) is 17.1 Å². The van der Waals surface area contributed by atoms with E-state index in [9.17, 15) is 12.8 Å². The number of hydrogen-bond acceptors (Lipinski definition) is 5. The van der Waals surface area contributed by atoms with Gasteiger partial charge in [-0.2, -0.15) is 0 Å². The van der Waals surface area contributed by atoms with Gasteiger partial charge in [0.15, 0.2) is 0 Å². The number of aryl methyl sites for hydroxylation is 1. The maximum Gasteiger partial charge on any atom is 0.241 e. The maximum absolute atomic E-state index is 13.0. The Kier molecular flexibility index (Phi) is 4.36. The Balaban J connectivity index is 2.12. The second kappa shape index (κ2) is 5.86. The molecule has 0 unspecified atom stereocenters. The molecule has 0 saturated carbocycles. The highest BCUT2D eigenvalue weighted by atomic mass is 32.2. The number of benzene rings is 1. The van der Waals surface area contributed by atoms with Gasteiger partial charge in [-0.05, 0) is 24.6 Å². The Hall–Kier alpha value is -1.51. The molecule has 0 aliphatic carbocycles. The molecule has 0 radical (unpaired) electrons. The van der Waals surface area contributed by atoms with Gasteiger partial charge in [0.2, 0.25) is 10.0 Å². The Morgan fingerprint density at radius 3 is 2.80 bits per heavy atom. The lowest BCUT2D eigenvalue weighted by Crippen LogP contribution is -2.23. The molecular weight excluding hydrogens is 301 g/mol. The fourth-order valence-corrected chi connectivity index (χ4v) is 3.44. The van der Waals surface area contributed by atoms with Gasteiger partial charge in [0.1, 0.15) is 10.8 Å². The van der Waals surface area contributed by atoms with E-state index < -0.39 is 15.8 Å². The minimum Gasteiger partial charge on any atom is -0.396 e. The summed E-state index contributed by atoms with van der Waals surface area (Å²) in [6.45, 7) is 2.10. The molecule has 2 rings (SSSR count). The SMILES string of the molecule is CCc1cnc(CNS(=O)(=O)c2ccc(F)c(N)c2)s1. The first kappa shape index (κ1) is 14.9. The van der Waals surface area contributed by atoms with Crippen LogP contribution in [-0.4, -0.2) is 13.4 Å². The zero-order valence-corrected chi connectivity index (χ0v) is 12.4. The van der Waals surface area contributed by atoms with Crippen LogP contribution in [0.2, 0.25) is 0 Å². The Labute approximate surface area is 120 Å². The number of thiazole rings is 1. The number of nitrogens with zero attached hydrogens (tertiary/aromatic N) is 1. The van der Waals surface area contributed by atoms with Gasteiger partial charge in [0.25, 0.3) is 0 Å². The molecule has 0 bridgehead atoms. The topological polar surface area (TPSA) is 85.1 Å². The smallest absolute Gasteiger partial charge is 0.241 e. The van der Waals surface area contributed by atoms with Crippen molar-refractivity contribution in [1.82, 2.24) is 9.71 Å². The van der Waals surface area contributed by atoms with E-state index in [1.165, 1.54) is 17.4 Å². The molecule has 3 N–H and O–H groups in total. The highest BCUT2D eigenvalue weighted by Crippen LogP contribution is 2.18. The van der Waals surface area contributed by atoms with E-state index in [4.69, 9.17) is 5.73 Å². The fraction of sp³-hybridized carbons (Fsp3) is 0.250. The number of rotatable bonds is 5. The van der Waals surface area contributed by atoms with E-state index in [0.717, 1.165) is 23.4 Å². The van der Waals surface area contributed by atoms with Crippen LogP contribution in [0.25, 0.3) is 0 Å². The molecule has 0 saturated heterocycles. The summed E-state index contributed by atoms with van der Waals surface area (Å²) >= 11 is 1.45. The van der Waals surface area contributed by atoms with E-state index >= 15 is 0 Å². The van der Waals surface area contributed by atoms with Crippen LogP contribution in [0.15, 0.2) is 29.3 Å². The van der Waals surface area contributed by atoms with Crippen molar-refractivity contribution in [3.05, 3.63) is 40.1 Å². The highest BCUT2D eigenvalue weighted by Gasteiger charge is 2.16. The molecule has 0 fully saturated rings. The zero-order chi connectivity index (χ0) is 14.8. The number of aromatic nitrogens is 1. The second-order valence-electron chi connectivity index (χ2n) is 4.08. The number of halogens is 1. The van der Waals surface area contributed by atoms with Crippen molar-refractivity contribution in [2.45, 2.75) is 24.8 Å². The molecule has 1 heterocycles. The minimum absolute atomic E-state index is 0.0660. The van der Waals surface area contributed by atoms with E-state index in [-0.39, 0.29) is 17.1 Å². The lowest BCUT2D eigenvalue weighted by molar-refractivity contribution is 0.580. The average Bonchev–Trinajstić information content (AvgIpc) is 2.87. The van der Waals surface area contributed by atoms with Gasteiger partial charge in [-0.25, -0.2) is 22.5 Å². The monoisotopic (exact) mass is 315 g/mol. The summed E-state index contributed by atoms with van der Waals surface area (Å²) in [5.74, 6) is -0.642. The largest absolute Gasteiger partial charge is 0.396 e. The third kappa shape index (κ3) is 3.33. The predicted octanol–water partition coefficient (Wildman–Crippen LogP) is 1.91. The van der Waals surface area contributed by atoms with E-state index in [2.05, 4.69) is 9.71 Å². The van der Waals surface area contributed by atoms with Crippen LogP contribution >= 0.6 is 11.3 Å². The molecular formula is C12H14FN3O2S2. The molecule has 108 valence electrons. The summed E-state index contributed by atoms with van der Waals surface area (Å²) < 4.78 is 39.5. The van der Waals surface area contributed by atoms with Crippen LogP contribution in [0.1, 0.15) is 16.8 Å². The number of nitrogens with one attached hydrogen (secondary N) is 1. The van der Waals surface area contributed by atoms with Gasteiger partial charge in [0, 0.05) is 11.1 Å². The summed E-state index contributed by atoms with van der Waals surface area (Å²) in [7, 11) is -3.73. The first-order valence-corrected chi connectivity index (χ1v) is 8.20. The molecule has 2 aromatic rings. The minimum atomic E-state index is -3.73. The number of hydrogen-bond donors (Lipinski definition) is 2. The van der Waals surface area contributed by atoms with Crippen LogP contribution < -0.4 is 10.5 Å². The number of nitrogen functional groups attached to an aromatic ring is 1. The quantitative estimate of drug-likeness (QED) is 0.825. The van der Waals surface area contributed by atoms with E-state index in [1.54, 1.807) is 6.20 Å². The third-order valence-electron chi connectivity index (χ3n) is 2.64. The molecule has 0 aliphatic heterocycles.